The molecule has 5 aromatic rings. The number of pyridine rings is 1. The summed E-state index contributed by atoms with van der Waals surface area (Å²) in [6, 6.07) is 27.5. The average Bonchev–Trinajstić information content (AvgIpc) is 2.74. The van der Waals surface area contributed by atoms with Gasteiger partial charge in [-0.05, 0) is 35.7 Å². The van der Waals surface area contributed by atoms with Crippen LogP contribution in [0, 0.1) is 0 Å². The van der Waals surface area contributed by atoms with Crippen molar-refractivity contribution in [2.24, 2.45) is 0 Å². The van der Waals surface area contributed by atoms with Crippen molar-refractivity contribution in [1.29, 1.82) is 0 Å². The Labute approximate surface area is 167 Å². The minimum absolute atomic E-state index is 0.730. The maximum Gasteiger partial charge on any atom is 0.0547 e. The van der Waals surface area contributed by atoms with E-state index in [9.17, 15) is 0 Å². The van der Waals surface area contributed by atoms with Gasteiger partial charge in [-0.3, -0.25) is 4.98 Å². The van der Waals surface area contributed by atoms with E-state index in [1.165, 1.54) is 21.8 Å². The number of aromatic nitrogens is 1. The standard InChI is InChI=1S/C25H15ClN2/c26-18-11-12-23-20(13-18)21-15-27-14-17-7-4-10-24(25(17)21)28(23)22-9-3-6-16-5-1-2-8-19(16)22/h1-15H. The molecule has 6 rings (SSSR count). The molecule has 0 bridgehead atoms. The van der Waals surface area contributed by atoms with Crippen LogP contribution in [0.4, 0.5) is 17.1 Å². The Morgan fingerprint density at radius 2 is 1.43 bits per heavy atom. The summed E-state index contributed by atoms with van der Waals surface area (Å²) >= 11 is 6.39. The predicted molar refractivity (Wildman–Crippen MR) is 118 cm³/mol. The molecule has 0 N–H and O–H groups in total. The number of benzene rings is 4. The molecule has 1 aromatic heterocycles. The highest BCUT2D eigenvalue weighted by Gasteiger charge is 2.27. The lowest BCUT2D eigenvalue weighted by molar-refractivity contribution is 1.28. The number of hydrogen-bond donors (Lipinski definition) is 0. The topological polar surface area (TPSA) is 16.1 Å². The summed E-state index contributed by atoms with van der Waals surface area (Å²) < 4.78 is 0. The molecule has 2 heterocycles. The van der Waals surface area contributed by atoms with Crippen LogP contribution in [0.25, 0.3) is 32.7 Å². The first-order valence-corrected chi connectivity index (χ1v) is 9.63. The number of nitrogens with zero attached hydrogens (tertiary/aromatic N) is 2. The molecule has 2 nitrogen and oxygen atoms in total. The molecule has 4 aromatic carbocycles. The summed E-state index contributed by atoms with van der Waals surface area (Å²) in [6.45, 7) is 0. The third-order valence-corrected chi connectivity index (χ3v) is 5.73. The average molecular weight is 379 g/mol. The normalized spacial score (nSPS) is 12.4. The van der Waals surface area contributed by atoms with Crippen molar-refractivity contribution in [3.63, 3.8) is 0 Å². The van der Waals surface area contributed by atoms with Crippen LogP contribution in [0.5, 0.6) is 0 Å². The maximum atomic E-state index is 6.39. The molecule has 0 saturated carbocycles. The predicted octanol–water partition coefficient (Wildman–Crippen LogP) is 7.49. The van der Waals surface area contributed by atoms with Gasteiger partial charge in [-0.1, -0.05) is 60.1 Å². The van der Waals surface area contributed by atoms with E-state index in [2.05, 4.69) is 76.6 Å². The van der Waals surface area contributed by atoms with Gasteiger partial charge in [-0.15, -0.1) is 0 Å². The molecule has 0 saturated heterocycles. The van der Waals surface area contributed by atoms with Gasteiger partial charge in [0.1, 0.15) is 0 Å². The first-order chi connectivity index (χ1) is 13.8. The van der Waals surface area contributed by atoms with Gasteiger partial charge in [0.15, 0.2) is 0 Å². The zero-order valence-corrected chi connectivity index (χ0v) is 15.7. The summed E-state index contributed by atoms with van der Waals surface area (Å²) in [7, 11) is 0. The van der Waals surface area contributed by atoms with E-state index in [0.29, 0.717) is 0 Å². The van der Waals surface area contributed by atoms with Gasteiger partial charge in [0.05, 0.1) is 17.1 Å². The van der Waals surface area contributed by atoms with Gasteiger partial charge in [-0.2, -0.15) is 0 Å². The molecule has 1 aliphatic heterocycles. The fraction of sp³-hybridized carbons (Fsp3) is 0. The van der Waals surface area contributed by atoms with Crippen molar-refractivity contribution in [1.82, 2.24) is 4.98 Å². The number of halogens is 1. The zero-order chi connectivity index (χ0) is 18.7. The van der Waals surface area contributed by atoms with Crippen LogP contribution in [0.3, 0.4) is 0 Å². The van der Waals surface area contributed by atoms with Crippen LogP contribution >= 0.6 is 11.6 Å². The summed E-state index contributed by atoms with van der Waals surface area (Å²) in [5.74, 6) is 0. The quantitative estimate of drug-likeness (QED) is 0.294. The van der Waals surface area contributed by atoms with Crippen LogP contribution < -0.4 is 4.90 Å². The molecule has 0 fully saturated rings. The Kier molecular flexibility index (Phi) is 3.26. The maximum absolute atomic E-state index is 6.39. The summed E-state index contributed by atoms with van der Waals surface area (Å²) in [6.07, 6.45) is 3.88. The molecule has 0 spiro atoms. The van der Waals surface area contributed by atoms with Crippen molar-refractivity contribution in [2.75, 3.05) is 4.90 Å². The van der Waals surface area contributed by atoms with Crippen LogP contribution in [-0.4, -0.2) is 4.98 Å². The highest BCUT2D eigenvalue weighted by atomic mass is 35.5. The van der Waals surface area contributed by atoms with Crippen LogP contribution in [0.2, 0.25) is 5.02 Å². The van der Waals surface area contributed by atoms with E-state index >= 15 is 0 Å². The van der Waals surface area contributed by atoms with Crippen LogP contribution in [-0.2, 0) is 0 Å². The number of rotatable bonds is 1. The molecule has 28 heavy (non-hydrogen) atoms. The lowest BCUT2D eigenvalue weighted by atomic mass is 9.92. The third kappa shape index (κ3) is 2.12. The van der Waals surface area contributed by atoms with E-state index in [1.54, 1.807) is 0 Å². The molecule has 0 atom stereocenters. The summed E-state index contributed by atoms with van der Waals surface area (Å²) in [4.78, 5) is 6.82. The smallest absolute Gasteiger partial charge is 0.0547 e. The van der Waals surface area contributed by atoms with E-state index < -0.39 is 0 Å². The zero-order valence-electron chi connectivity index (χ0n) is 14.9. The lowest BCUT2D eigenvalue weighted by Crippen LogP contribution is -2.15. The Hall–Kier alpha value is -3.36. The fourth-order valence-electron chi connectivity index (χ4n) is 4.32. The van der Waals surface area contributed by atoms with Crippen molar-refractivity contribution in [3.05, 3.63) is 96.3 Å². The monoisotopic (exact) mass is 378 g/mol. The molecule has 3 heteroatoms. The Morgan fingerprint density at radius 3 is 2.36 bits per heavy atom. The largest absolute Gasteiger partial charge is 0.309 e. The van der Waals surface area contributed by atoms with E-state index in [0.717, 1.165) is 32.9 Å². The first-order valence-electron chi connectivity index (χ1n) is 9.26. The van der Waals surface area contributed by atoms with Gasteiger partial charge in [-0.25, -0.2) is 0 Å². The Bertz CT molecular complexity index is 1380. The van der Waals surface area contributed by atoms with Crippen LogP contribution in [0.15, 0.2) is 91.3 Å². The molecule has 0 amide bonds. The molecule has 0 unspecified atom stereocenters. The Balaban J connectivity index is 1.79. The Morgan fingerprint density at radius 1 is 0.643 bits per heavy atom. The van der Waals surface area contributed by atoms with Crippen LogP contribution in [0.1, 0.15) is 0 Å². The molecule has 132 valence electrons. The van der Waals surface area contributed by atoms with Crippen molar-refractivity contribution in [2.45, 2.75) is 0 Å². The highest BCUT2D eigenvalue weighted by molar-refractivity contribution is 6.31. The number of anilines is 3. The second kappa shape index (κ2) is 5.82. The van der Waals surface area contributed by atoms with Crippen molar-refractivity contribution < 1.29 is 0 Å². The molecule has 0 aliphatic carbocycles. The summed E-state index contributed by atoms with van der Waals surface area (Å²) in [5.41, 5.74) is 5.69. The molecule has 1 aliphatic rings. The second-order valence-electron chi connectivity index (χ2n) is 7.06. The minimum atomic E-state index is 0.730. The SMILES string of the molecule is Clc1ccc2c(c1)-c1cncc3cccc(c13)N2c1cccc2ccccc12. The van der Waals surface area contributed by atoms with Gasteiger partial charge in [0.2, 0.25) is 0 Å². The third-order valence-electron chi connectivity index (χ3n) is 5.50. The molecule has 0 radical (unpaired) electrons. The van der Waals surface area contributed by atoms with E-state index in [-0.39, 0.29) is 0 Å². The van der Waals surface area contributed by atoms with Gasteiger partial charge in [0.25, 0.3) is 0 Å². The van der Waals surface area contributed by atoms with Gasteiger partial charge in [0, 0.05) is 44.7 Å². The fourth-order valence-corrected chi connectivity index (χ4v) is 4.49. The van der Waals surface area contributed by atoms with Gasteiger partial charge < -0.3 is 4.90 Å². The van der Waals surface area contributed by atoms with Crippen molar-refractivity contribution in [3.8, 4) is 11.1 Å². The second-order valence-corrected chi connectivity index (χ2v) is 7.49. The number of hydrogen-bond acceptors (Lipinski definition) is 2. The molecular weight excluding hydrogens is 364 g/mol. The van der Waals surface area contributed by atoms with Gasteiger partial charge >= 0.3 is 0 Å². The van der Waals surface area contributed by atoms with E-state index in [4.69, 9.17) is 11.6 Å². The lowest BCUT2D eigenvalue weighted by Gasteiger charge is -2.34. The number of fused-ring (bicyclic) bond motifs is 3. The van der Waals surface area contributed by atoms with Crippen molar-refractivity contribution >= 4 is 50.2 Å². The first kappa shape index (κ1) is 15.7. The minimum Gasteiger partial charge on any atom is -0.309 e. The van der Waals surface area contributed by atoms with E-state index in [1.807, 2.05) is 24.5 Å². The molecular formula is C25H15ClN2. The summed E-state index contributed by atoms with van der Waals surface area (Å²) in [5, 5.41) is 5.52. The highest BCUT2D eigenvalue weighted by Crippen LogP contribution is 2.52.